The number of aryl methyl sites for hydroxylation is 1. The number of pyridine rings is 1. The van der Waals surface area contributed by atoms with Crippen molar-refractivity contribution in [1.29, 1.82) is 0 Å². The van der Waals surface area contributed by atoms with Gasteiger partial charge >= 0.3 is 0 Å². The number of halogens is 1. The molecule has 0 aliphatic heterocycles. The first kappa shape index (κ1) is 10.2. The maximum Gasteiger partial charge on any atom is 0.0727 e. The van der Waals surface area contributed by atoms with Crippen LogP contribution in [0.2, 0.25) is 5.02 Å². The Balaban J connectivity index is 2.86. The molecule has 1 aromatic heterocycles. The SMILES string of the molecule is CCc1c(C)nc2ccc(Cl)cc2c1N. The summed E-state index contributed by atoms with van der Waals surface area (Å²) in [6.45, 7) is 4.07. The van der Waals surface area contributed by atoms with E-state index in [0.717, 1.165) is 34.3 Å². The smallest absolute Gasteiger partial charge is 0.0727 e. The molecule has 2 rings (SSSR count). The number of benzene rings is 1. The van der Waals surface area contributed by atoms with E-state index in [0.29, 0.717) is 5.02 Å². The van der Waals surface area contributed by atoms with Gasteiger partial charge in [0.05, 0.1) is 5.52 Å². The Bertz CT molecular complexity index is 521. The van der Waals surface area contributed by atoms with Crippen molar-refractivity contribution in [3.8, 4) is 0 Å². The Morgan fingerprint density at radius 1 is 1.40 bits per heavy atom. The number of fused-ring (bicyclic) bond motifs is 1. The van der Waals surface area contributed by atoms with E-state index in [-0.39, 0.29) is 0 Å². The highest BCUT2D eigenvalue weighted by Crippen LogP contribution is 2.28. The summed E-state index contributed by atoms with van der Waals surface area (Å²) in [4.78, 5) is 4.51. The zero-order chi connectivity index (χ0) is 11.0. The summed E-state index contributed by atoms with van der Waals surface area (Å²) < 4.78 is 0. The quantitative estimate of drug-likeness (QED) is 0.801. The lowest BCUT2D eigenvalue weighted by molar-refractivity contribution is 1.07. The first-order valence-corrected chi connectivity index (χ1v) is 5.35. The van der Waals surface area contributed by atoms with Crippen LogP contribution in [0.15, 0.2) is 18.2 Å². The van der Waals surface area contributed by atoms with Crippen LogP contribution in [0, 0.1) is 6.92 Å². The van der Waals surface area contributed by atoms with Crippen molar-refractivity contribution in [2.45, 2.75) is 20.3 Å². The van der Waals surface area contributed by atoms with Crippen LogP contribution in [-0.2, 0) is 6.42 Å². The third kappa shape index (κ3) is 1.65. The summed E-state index contributed by atoms with van der Waals surface area (Å²) in [6.07, 6.45) is 0.896. The second-order valence-electron chi connectivity index (χ2n) is 3.60. The molecule has 2 N–H and O–H groups in total. The molecule has 0 unspecified atom stereocenters. The number of nitrogens with two attached hydrogens (primary N) is 1. The van der Waals surface area contributed by atoms with Gasteiger partial charge in [0, 0.05) is 21.8 Å². The second-order valence-corrected chi connectivity index (χ2v) is 4.04. The topological polar surface area (TPSA) is 38.9 Å². The molecular weight excluding hydrogens is 208 g/mol. The van der Waals surface area contributed by atoms with E-state index in [1.807, 2.05) is 25.1 Å². The minimum absolute atomic E-state index is 0.696. The van der Waals surface area contributed by atoms with E-state index in [1.165, 1.54) is 0 Å². The van der Waals surface area contributed by atoms with Crippen LogP contribution in [0.4, 0.5) is 5.69 Å². The summed E-state index contributed by atoms with van der Waals surface area (Å²) in [5, 5.41) is 1.65. The highest BCUT2D eigenvalue weighted by molar-refractivity contribution is 6.31. The number of hydrogen-bond acceptors (Lipinski definition) is 2. The third-order valence-corrected chi connectivity index (χ3v) is 2.89. The zero-order valence-electron chi connectivity index (χ0n) is 8.84. The van der Waals surface area contributed by atoms with E-state index >= 15 is 0 Å². The molecule has 0 saturated carbocycles. The van der Waals surface area contributed by atoms with Crippen molar-refractivity contribution >= 4 is 28.2 Å². The van der Waals surface area contributed by atoms with Gasteiger partial charge in [0.15, 0.2) is 0 Å². The van der Waals surface area contributed by atoms with Crippen LogP contribution >= 0.6 is 11.6 Å². The number of anilines is 1. The molecule has 2 nitrogen and oxygen atoms in total. The number of nitrogen functional groups attached to an aromatic ring is 1. The van der Waals surface area contributed by atoms with Gasteiger partial charge in [-0.2, -0.15) is 0 Å². The highest BCUT2D eigenvalue weighted by atomic mass is 35.5. The summed E-state index contributed by atoms with van der Waals surface area (Å²) in [6, 6.07) is 5.61. The Kier molecular flexibility index (Phi) is 2.53. The minimum atomic E-state index is 0.696. The van der Waals surface area contributed by atoms with Crippen LogP contribution in [-0.4, -0.2) is 4.98 Å². The molecule has 0 saturated heterocycles. The molecule has 0 aliphatic carbocycles. The van der Waals surface area contributed by atoms with Gasteiger partial charge in [-0.1, -0.05) is 18.5 Å². The van der Waals surface area contributed by atoms with Crippen LogP contribution < -0.4 is 5.73 Å². The molecule has 3 heteroatoms. The van der Waals surface area contributed by atoms with E-state index < -0.39 is 0 Å². The van der Waals surface area contributed by atoms with Gasteiger partial charge in [-0.15, -0.1) is 0 Å². The molecule has 0 fully saturated rings. The van der Waals surface area contributed by atoms with Crippen LogP contribution in [0.1, 0.15) is 18.2 Å². The number of rotatable bonds is 1. The predicted molar refractivity (Wildman–Crippen MR) is 65.3 cm³/mol. The van der Waals surface area contributed by atoms with E-state index in [1.54, 1.807) is 0 Å². The Morgan fingerprint density at radius 2 is 2.13 bits per heavy atom. The molecule has 0 amide bonds. The van der Waals surface area contributed by atoms with Gasteiger partial charge in [-0.25, -0.2) is 0 Å². The number of hydrogen-bond donors (Lipinski definition) is 1. The fraction of sp³-hybridized carbons (Fsp3) is 0.250. The van der Waals surface area contributed by atoms with Crippen LogP contribution in [0.5, 0.6) is 0 Å². The van der Waals surface area contributed by atoms with Crippen molar-refractivity contribution in [1.82, 2.24) is 4.98 Å². The van der Waals surface area contributed by atoms with Crippen molar-refractivity contribution in [3.63, 3.8) is 0 Å². The highest BCUT2D eigenvalue weighted by Gasteiger charge is 2.08. The molecule has 0 bridgehead atoms. The van der Waals surface area contributed by atoms with Gasteiger partial charge < -0.3 is 5.73 Å². The fourth-order valence-corrected chi connectivity index (χ4v) is 2.05. The summed E-state index contributed by atoms with van der Waals surface area (Å²) in [5.41, 5.74) is 9.94. The maximum absolute atomic E-state index is 6.10. The molecule has 1 heterocycles. The second kappa shape index (κ2) is 3.70. The number of nitrogens with zero attached hydrogens (tertiary/aromatic N) is 1. The van der Waals surface area contributed by atoms with E-state index in [4.69, 9.17) is 17.3 Å². The van der Waals surface area contributed by atoms with Crippen molar-refractivity contribution in [2.75, 3.05) is 5.73 Å². The minimum Gasteiger partial charge on any atom is -0.398 e. The molecule has 78 valence electrons. The Morgan fingerprint density at radius 3 is 2.80 bits per heavy atom. The molecule has 0 radical (unpaired) electrons. The molecule has 0 atom stereocenters. The van der Waals surface area contributed by atoms with E-state index in [2.05, 4.69) is 11.9 Å². The van der Waals surface area contributed by atoms with Crippen molar-refractivity contribution < 1.29 is 0 Å². The lowest BCUT2D eigenvalue weighted by Gasteiger charge is -2.10. The number of aromatic nitrogens is 1. The van der Waals surface area contributed by atoms with Crippen molar-refractivity contribution in [3.05, 3.63) is 34.5 Å². The summed E-state index contributed by atoms with van der Waals surface area (Å²) in [7, 11) is 0. The molecule has 15 heavy (non-hydrogen) atoms. The van der Waals surface area contributed by atoms with Crippen molar-refractivity contribution in [2.24, 2.45) is 0 Å². The van der Waals surface area contributed by atoms with E-state index in [9.17, 15) is 0 Å². The van der Waals surface area contributed by atoms with Gasteiger partial charge in [0.25, 0.3) is 0 Å². The molecule has 2 aromatic rings. The average Bonchev–Trinajstić information content (AvgIpc) is 2.20. The van der Waals surface area contributed by atoms with Crippen LogP contribution in [0.3, 0.4) is 0 Å². The normalized spacial score (nSPS) is 10.9. The lowest BCUT2D eigenvalue weighted by atomic mass is 10.0. The molecule has 0 aliphatic rings. The predicted octanol–water partition coefficient (Wildman–Crippen LogP) is 3.34. The van der Waals surface area contributed by atoms with Gasteiger partial charge in [0.1, 0.15) is 0 Å². The summed E-state index contributed by atoms with van der Waals surface area (Å²) in [5.74, 6) is 0. The van der Waals surface area contributed by atoms with Gasteiger partial charge in [-0.05, 0) is 37.1 Å². The van der Waals surface area contributed by atoms with Crippen LogP contribution in [0.25, 0.3) is 10.9 Å². The van der Waals surface area contributed by atoms with Gasteiger partial charge in [-0.3, -0.25) is 4.98 Å². The maximum atomic E-state index is 6.10. The fourth-order valence-electron chi connectivity index (χ4n) is 1.87. The standard InChI is InChI=1S/C12H13ClN2/c1-3-9-7(2)15-11-5-4-8(13)6-10(11)12(9)14/h4-6H,3H2,1-2H3,(H2,14,15). The van der Waals surface area contributed by atoms with Gasteiger partial charge in [0.2, 0.25) is 0 Å². The monoisotopic (exact) mass is 220 g/mol. The first-order chi connectivity index (χ1) is 7.13. The molecule has 0 spiro atoms. The third-order valence-electron chi connectivity index (χ3n) is 2.65. The first-order valence-electron chi connectivity index (χ1n) is 4.97. The molecule has 1 aromatic carbocycles. The molecular formula is C12H13ClN2. The lowest BCUT2D eigenvalue weighted by Crippen LogP contribution is -2.00. The largest absolute Gasteiger partial charge is 0.398 e. The Labute approximate surface area is 94.1 Å². The summed E-state index contributed by atoms with van der Waals surface area (Å²) >= 11 is 5.94. The zero-order valence-corrected chi connectivity index (χ0v) is 9.60. The Hall–Kier alpha value is -1.28. The average molecular weight is 221 g/mol.